The molecule has 0 radical (unpaired) electrons. The minimum absolute atomic E-state index is 0.0279. The molecule has 180 valence electrons. The summed E-state index contributed by atoms with van der Waals surface area (Å²) in [6.45, 7) is 4.73. The fourth-order valence-electron chi connectivity index (χ4n) is 3.81. The first kappa shape index (κ1) is 25.3. The Balaban J connectivity index is 1.77. The summed E-state index contributed by atoms with van der Waals surface area (Å²) in [6.07, 6.45) is -5.39. The predicted octanol–water partition coefficient (Wildman–Crippen LogP) is 2.17. The SMILES string of the molecule is CCNC(=O)NC[C@H]1O[C@@H](c2ccc(Cl)c(Cc3ccc(OCC)cc3)c2)[C@H](O)[C@H](O)[C@H]1O. The summed E-state index contributed by atoms with van der Waals surface area (Å²) >= 11 is 6.43. The Labute approximate surface area is 198 Å². The highest BCUT2D eigenvalue weighted by atomic mass is 35.5. The fraction of sp³-hybridized carbons (Fsp3) is 0.458. The molecule has 0 saturated carbocycles. The fourth-order valence-corrected chi connectivity index (χ4v) is 3.99. The second-order valence-electron chi connectivity index (χ2n) is 7.91. The van der Waals surface area contributed by atoms with Gasteiger partial charge in [-0.2, -0.15) is 0 Å². The summed E-state index contributed by atoms with van der Waals surface area (Å²) in [5.74, 6) is 0.791. The monoisotopic (exact) mass is 478 g/mol. The largest absolute Gasteiger partial charge is 0.494 e. The Kier molecular flexibility index (Phi) is 8.94. The van der Waals surface area contributed by atoms with Crippen molar-refractivity contribution in [1.82, 2.24) is 10.6 Å². The van der Waals surface area contributed by atoms with E-state index in [1.165, 1.54) is 0 Å². The van der Waals surface area contributed by atoms with Gasteiger partial charge in [-0.1, -0.05) is 35.9 Å². The molecule has 8 nitrogen and oxygen atoms in total. The molecule has 1 aliphatic rings. The van der Waals surface area contributed by atoms with Crippen LogP contribution in [-0.2, 0) is 11.2 Å². The van der Waals surface area contributed by atoms with Gasteiger partial charge in [-0.25, -0.2) is 4.79 Å². The number of urea groups is 1. The normalized spacial score (nSPS) is 24.8. The minimum Gasteiger partial charge on any atom is -0.494 e. The molecule has 3 rings (SSSR count). The molecule has 0 bridgehead atoms. The van der Waals surface area contributed by atoms with Crippen LogP contribution in [-0.4, -0.2) is 65.5 Å². The summed E-state index contributed by atoms with van der Waals surface area (Å²) in [7, 11) is 0. The van der Waals surface area contributed by atoms with E-state index in [2.05, 4.69) is 10.6 Å². The number of carbonyl (C=O) groups excluding carboxylic acids is 1. The first-order chi connectivity index (χ1) is 15.8. The van der Waals surface area contributed by atoms with Crippen molar-refractivity contribution in [1.29, 1.82) is 0 Å². The number of benzene rings is 2. The van der Waals surface area contributed by atoms with Gasteiger partial charge >= 0.3 is 6.03 Å². The highest BCUT2D eigenvalue weighted by Crippen LogP contribution is 2.34. The van der Waals surface area contributed by atoms with Crippen molar-refractivity contribution in [2.45, 2.75) is 50.8 Å². The molecule has 0 aliphatic carbocycles. The number of aliphatic hydroxyl groups excluding tert-OH is 3. The number of ether oxygens (including phenoxy) is 2. The smallest absolute Gasteiger partial charge is 0.314 e. The van der Waals surface area contributed by atoms with E-state index < -0.39 is 36.6 Å². The van der Waals surface area contributed by atoms with Gasteiger partial charge < -0.3 is 35.4 Å². The van der Waals surface area contributed by atoms with Crippen LogP contribution in [0.5, 0.6) is 5.75 Å². The zero-order valence-corrected chi connectivity index (χ0v) is 19.5. The summed E-state index contributed by atoms with van der Waals surface area (Å²) in [4.78, 5) is 11.7. The maximum absolute atomic E-state index is 11.7. The Morgan fingerprint density at radius 1 is 1.03 bits per heavy atom. The molecule has 1 heterocycles. The average molecular weight is 479 g/mol. The highest BCUT2D eigenvalue weighted by molar-refractivity contribution is 6.31. The molecule has 2 aromatic rings. The number of halogens is 1. The third kappa shape index (κ3) is 6.37. The van der Waals surface area contributed by atoms with E-state index in [1.54, 1.807) is 19.1 Å². The van der Waals surface area contributed by atoms with Crippen LogP contribution in [0, 0.1) is 0 Å². The number of amides is 2. The Morgan fingerprint density at radius 3 is 2.42 bits per heavy atom. The topological polar surface area (TPSA) is 120 Å². The maximum Gasteiger partial charge on any atom is 0.314 e. The number of nitrogens with one attached hydrogen (secondary N) is 2. The second-order valence-corrected chi connectivity index (χ2v) is 8.32. The molecule has 2 amide bonds. The molecule has 33 heavy (non-hydrogen) atoms. The van der Waals surface area contributed by atoms with E-state index >= 15 is 0 Å². The van der Waals surface area contributed by atoms with Crippen LogP contribution in [0.3, 0.4) is 0 Å². The quantitative estimate of drug-likeness (QED) is 0.396. The number of rotatable bonds is 8. The van der Waals surface area contributed by atoms with Crippen molar-refractivity contribution in [3.63, 3.8) is 0 Å². The van der Waals surface area contributed by atoms with Crippen LogP contribution in [0.2, 0.25) is 5.02 Å². The highest BCUT2D eigenvalue weighted by Gasteiger charge is 2.44. The van der Waals surface area contributed by atoms with E-state index in [4.69, 9.17) is 21.1 Å². The van der Waals surface area contributed by atoms with Crippen LogP contribution >= 0.6 is 11.6 Å². The molecule has 1 aliphatic heterocycles. The molecular formula is C24H31ClN2O6. The molecular weight excluding hydrogens is 448 g/mol. The molecule has 9 heteroatoms. The van der Waals surface area contributed by atoms with Crippen LogP contribution in [0.15, 0.2) is 42.5 Å². The number of hydrogen-bond donors (Lipinski definition) is 5. The zero-order valence-electron chi connectivity index (χ0n) is 18.7. The van der Waals surface area contributed by atoms with Crippen LogP contribution in [0.4, 0.5) is 4.79 Å². The van der Waals surface area contributed by atoms with Crippen molar-refractivity contribution >= 4 is 17.6 Å². The van der Waals surface area contributed by atoms with Crippen molar-refractivity contribution in [3.8, 4) is 5.75 Å². The molecule has 0 spiro atoms. The Hall–Kier alpha value is -2.36. The maximum atomic E-state index is 11.7. The van der Waals surface area contributed by atoms with Gasteiger partial charge in [0.25, 0.3) is 0 Å². The lowest BCUT2D eigenvalue weighted by Crippen LogP contribution is -2.57. The van der Waals surface area contributed by atoms with Gasteiger partial charge in [-0.15, -0.1) is 0 Å². The van der Waals surface area contributed by atoms with E-state index in [1.807, 2.05) is 37.3 Å². The van der Waals surface area contributed by atoms with E-state index in [9.17, 15) is 20.1 Å². The Bertz CT molecular complexity index is 926. The average Bonchev–Trinajstić information content (AvgIpc) is 2.80. The summed E-state index contributed by atoms with van der Waals surface area (Å²) in [6, 6.07) is 12.6. The van der Waals surface area contributed by atoms with Gasteiger partial charge in [0.05, 0.1) is 6.61 Å². The molecule has 1 fully saturated rings. The van der Waals surface area contributed by atoms with E-state index in [-0.39, 0.29) is 6.54 Å². The minimum atomic E-state index is -1.44. The third-order valence-electron chi connectivity index (χ3n) is 5.54. The molecule has 0 unspecified atom stereocenters. The first-order valence-corrected chi connectivity index (χ1v) is 11.4. The summed E-state index contributed by atoms with van der Waals surface area (Å²) < 4.78 is 11.4. The van der Waals surface area contributed by atoms with Gasteiger partial charge in [-0.3, -0.25) is 0 Å². The lowest BCUT2D eigenvalue weighted by Gasteiger charge is -2.41. The number of hydrogen-bond acceptors (Lipinski definition) is 6. The molecule has 5 N–H and O–H groups in total. The molecule has 2 aromatic carbocycles. The number of carbonyl (C=O) groups is 1. The second kappa shape index (κ2) is 11.7. The third-order valence-corrected chi connectivity index (χ3v) is 5.91. The van der Waals surface area contributed by atoms with Gasteiger partial charge in [0.15, 0.2) is 0 Å². The molecule has 1 saturated heterocycles. The Morgan fingerprint density at radius 2 is 1.76 bits per heavy atom. The standard InChI is InChI=1S/C24H31ClN2O6/c1-3-26-24(31)27-13-19-20(28)21(29)22(30)23(33-19)15-7-10-18(25)16(12-15)11-14-5-8-17(9-6-14)32-4-2/h5-10,12,19-23,28-30H,3-4,11,13H2,1-2H3,(H2,26,27,31)/t19-,20+,21-,22-,23+/m1/s1. The first-order valence-electron chi connectivity index (χ1n) is 11.0. The van der Waals surface area contributed by atoms with Crippen molar-refractivity contribution in [3.05, 3.63) is 64.2 Å². The van der Waals surface area contributed by atoms with Gasteiger partial charge in [-0.05, 0) is 55.2 Å². The van der Waals surface area contributed by atoms with Crippen molar-refractivity contribution in [2.24, 2.45) is 0 Å². The lowest BCUT2D eigenvalue weighted by atomic mass is 9.90. The summed E-state index contributed by atoms with van der Waals surface area (Å²) in [5.41, 5.74) is 2.47. The molecule has 0 aromatic heterocycles. The van der Waals surface area contributed by atoms with Crippen LogP contribution in [0.1, 0.15) is 36.6 Å². The predicted molar refractivity (Wildman–Crippen MR) is 125 cm³/mol. The number of aliphatic hydroxyl groups is 3. The van der Waals surface area contributed by atoms with Gasteiger partial charge in [0.2, 0.25) is 0 Å². The van der Waals surface area contributed by atoms with Gasteiger partial charge in [0.1, 0.15) is 36.3 Å². The summed E-state index contributed by atoms with van der Waals surface area (Å²) in [5, 5.41) is 37.1. The van der Waals surface area contributed by atoms with Crippen molar-refractivity contribution < 1.29 is 29.6 Å². The van der Waals surface area contributed by atoms with E-state index in [0.717, 1.165) is 16.9 Å². The van der Waals surface area contributed by atoms with E-state index in [0.29, 0.717) is 30.2 Å². The lowest BCUT2D eigenvalue weighted by molar-refractivity contribution is -0.222. The van der Waals surface area contributed by atoms with Gasteiger partial charge in [0, 0.05) is 18.1 Å². The molecule has 5 atom stereocenters. The van der Waals surface area contributed by atoms with Crippen molar-refractivity contribution in [2.75, 3.05) is 19.7 Å². The van der Waals surface area contributed by atoms with Crippen LogP contribution in [0.25, 0.3) is 0 Å². The van der Waals surface area contributed by atoms with Crippen LogP contribution < -0.4 is 15.4 Å². The zero-order chi connectivity index (χ0) is 24.0.